The molecule has 0 aliphatic rings. The number of carbonyl (C=O) groups excluding carboxylic acids is 1. The summed E-state index contributed by atoms with van der Waals surface area (Å²) in [6.45, 7) is 0. The monoisotopic (exact) mass is 253 g/mol. The number of nitrogens with one attached hydrogen (secondary N) is 1. The lowest BCUT2D eigenvalue weighted by molar-refractivity contribution is 0.187. The lowest BCUT2D eigenvalue weighted by Gasteiger charge is -2.06. The first-order valence-corrected chi connectivity index (χ1v) is 5.97. The average Bonchev–Trinajstić information content (AvgIpc) is 2.47. The standard InChI is InChI=1S/C16H15NO2/c1-19-16(18)17-15-10-6-5-9-14(15)12-11-13-7-3-2-4-8-13/h2-12H,1H3,(H,17,18). The molecule has 0 saturated heterocycles. The van der Waals surface area contributed by atoms with Crippen LogP contribution in [0.5, 0.6) is 0 Å². The van der Waals surface area contributed by atoms with E-state index in [0.29, 0.717) is 0 Å². The number of amides is 1. The summed E-state index contributed by atoms with van der Waals surface area (Å²) in [6, 6.07) is 17.5. The van der Waals surface area contributed by atoms with Gasteiger partial charge in [-0.3, -0.25) is 5.32 Å². The van der Waals surface area contributed by atoms with E-state index in [4.69, 9.17) is 0 Å². The first kappa shape index (κ1) is 12.9. The normalized spacial score (nSPS) is 10.4. The van der Waals surface area contributed by atoms with Gasteiger partial charge >= 0.3 is 6.09 Å². The molecule has 0 unspecified atom stereocenters. The van der Waals surface area contributed by atoms with E-state index in [9.17, 15) is 4.79 Å². The molecule has 0 radical (unpaired) electrons. The van der Waals surface area contributed by atoms with E-state index in [0.717, 1.165) is 16.8 Å². The third kappa shape index (κ3) is 3.71. The number of hydrogen-bond donors (Lipinski definition) is 1. The fourth-order valence-corrected chi connectivity index (χ4v) is 1.67. The summed E-state index contributed by atoms with van der Waals surface area (Å²) < 4.78 is 4.60. The van der Waals surface area contributed by atoms with Crippen molar-refractivity contribution in [3.05, 3.63) is 65.7 Å². The molecule has 96 valence electrons. The third-order valence-electron chi connectivity index (χ3n) is 2.64. The van der Waals surface area contributed by atoms with Gasteiger partial charge < -0.3 is 4.74 Å². The van der Waals surface area contributed by atoms with Crippen molar-refractivity contribution in [1.82, 2.24) is 0 Å². The van der Waals surface area contributed by atoms with Crippen molar-refractivity contribution < 1.29 is 9.53 Å². The Hall–Kier alpha value is -2.55. The van der Waals surface area contributed by atoms with Crippen LogP contribution in [0.15, 0.2) is 54.6 Å². The number of methoxy groups -OCH3 is 1. The van der Waals surface area contributed by atoms with Crippen molar-refractivity contribution in [2.24, 2.45) is 0 Å². The number of benzene rings is 2. The van der Waals surface area contributed by atoms with Crippen LogP contribution in [-0.4, -0.2) is 13.2 Å². The maximum Gasteiger partial charge on any atom is 0.411 e. The van der Waals surface area contributed by atoms with Crippen LogP contribution >= 0.6 is 0 Å². The zero-order valence-corrected chi connectivity index (χ0v) is 10.7. The Kier molecular flexibility index (Phi) is 4.34. The molecule has 0 aromatic heterocycles. The highest BCUT2D eigenvalue weighted by Crippen LogP contribution is 2.18. The fourth-order valence-electron chi connectivity index (χ4n) is 1.67. The molecule has 2 aromatic carbocycles. The quantitative estimate of drug-likeness (QED) is 0.838. The number of ether oxygens (including phenoxy) is 1. The van der Waals surface area contributed by atoms with Crippen molar-refractivity contribution in [3.8, 4) is 0 Å². The van der Waals surface area contributed by atoms with Crippen LogP contribution in [0.25, 0.3) is 12.2 Å². The lowest BCUT2D eigenvalue weighted by Crippen LogP contribution is -2.11. The zero-order chi connectivity index (χ0) is 13.5. The van der Waals surface area contributed by atoms with Crippen LogP contribution in [0.1, 0.15) is 11.1 Å². The Morgan fingerprint density at radius 3 is 2.42 bits per heavy atom. The predicted octanol–water partition coefficient (Wildman–Crippen LogP) is 4.04. The van der Waals surface area contributed by atoms with Gasteiger partial charge in [0.25, 0.3) is 0 Å². The van der Waals surface area contributed by atoms with E-state index in [1.54, 1.807) is 0 Å². The Morgan fingerprint density at radius 1 is 1.00 bits per heavy atom. The molecule has 2 rings (SSSR count). The first-order valence-electron chi connectivity index (χ1n) is 5.97. The number of anilines is 1. The summed E-state index contributed by atoms with van der Waals surface area (Å²) in [5.41, 5.74) is 2.76. The topological polar surface area (TPSA) is 38.3 Å². The number of hydrogen-bond acceptors (Lipinski definition) is 2. The molecule has 3 heteroatoms. The second kappa shape index (κ2) is 6.40. The Labute approximate surface area is 112 Å². The Balaban J connectivity index is 2.20. The molecule has 0 heterocycles. The number of para-hydroxylation sites is 1. The molecule has 0 atom stereocenters. The van der Waals surface area contributed by atoms with Gasteiger partial charge in [0, 0.05) is 0 Å². The smallest absolute Gasteiger partial charge is 0.411 e. The Morgan fingerprint density at radius 2 is 1.68 bits per heavy atom. The summed E-state index contributed by atoms with van der Waals surface area (Å²) in [5.74, 6) is 0. The van der Waals surface area contributed by atoms with Gasteiger partial charge in [0.05, 0.1) is 12.8 Å². The van der Waals surface area contributed by atoms with E-state index >= 15 is 0 Å². The molecule has 1 amide bonds. The Bertz CT molecular complexity index is 576. The lowest BCUT2D eigenvalue weighted by atomic mass is 10.1. The summed E-state index contributed by atoms with van der Waals surface area (Å²) in [4.78, 5) is 11.3. The van der Waals surface area contributed by atoms with E-state index in [2.05, 4.69) is 10.1 Å². The second-order valence-corrected chi connectivity index (χ2v) is 3.95. The molecular formula is C16H15NO2. The van der Waals surface area contributed by atoms with Crippen LogP contribution in [0.4, 0.5) is 10.5 Å². The van der Waals surface area contributed by atoms with Gasteiger partial charge in [-0.2, -0.15) is 0 Å². The van der Waals surface area contributed by atoms with E-state index in [1.807, 2.05) is 66.7 Å². The summed E-state index contributed by atoms with van der Waals surface area (Å²) in [6.07, 6.45) is 3.49. The van der Waals surface area contributed by atoms with E-state index in [-0.39, 0.29) is 0 Å². The average molecular weight is 253 g/mol. The highest BCUT2D eigenvalue weighted by molar-refractivity contribution is 5.89. The van der Waals surface area contributed by atoms with Crippen LogP contribution in [0, 0.1) is 0 Å². The molecule has 0 aliphatic carbocycles. The minimum atomic E-state index is -0.472. The van der Waals surface area contributed by atoms with Crippen LogP contribution in [0.3, 0.4) is 0 Å². The number of rotatable bonds is 3. The van der Waals surface area contributed by atoms with E-state index < -0.39 is 6.09 Å². The number of carbonyl (C=O) groups is 1. The van der Waals surface area contributed by atoms with Crippen molar-refractivity contribution in [2.75, 3.05) is 12.4 Å². The third-order valence-corrected chi connectivity index (χ3v) is 2.64. The summed E-state index contributed by atoms with van der Waals surface area (Å²) >= 11 is 0. The van der Waals surface area contributed by atoms with Gasteiger partial charge in [0.1, 0.15) is 0 Å². The maximum atomic E-state index is 11.3. The van der Waals surface area contributed by atoms with Gasteiger partial charge in [-0.25, -0.2) is 4.79 Å². The summed E-state index contributed by atoms with van der Waals surface area (Å²) in [5, 5.41) is 2.68. The predicted molar refractivity (Wildman–Crippen MR) is 77.8 cm³/mol. The largest absolute Gasteiger partial charge is 0.453 e. The molecule has 0 saturated carbocycles. The van der Waals surface area contributed by atoms with Crippen molar-refractivity contribution in [1.29, 1.82) is 0 Å². The fraction of sp³-hybridized carbons (Fsp3) is 0.0625. The first-order chi connectivity index (χ1) is 9.29. The second-order valence-electron chi connectivity index (χ2n) is 3.95. The van der Waals surface area contributed by atoms with Gasteiger partial charge in [0.15, 0.2) is 0 Å². The molecule has 3 nitrogen and oxygen atoms in total. The molecule has 2 aromatic rings. The van der Waals surface area contributed by atoms with Crippen LogP contribution in [-0.2, 0) is 4.74 Å². The molecule has 0 spiro atoms. The van der Waals surface area contributed by atoms with Gasteiger partial charge in [-0.05, 0) is 17.2 Å². The molecule has 19 heavy (non-hydrogen) atoms. The molecule has 1 N–H and O–H groups in total. The maximum absolute atomic E-state index is 11.3. The van der Waals surface area contributed by atoms with Crippen molar-refractivity contribution >= 4 is 23.9 Å². The zero-order valence-electron chi connectivity index (χ0n) is 10.7. The summed E-state index contributed by atoms with van der Waals surface area (Å²) in [7, 11) is 1.34. The van der Waals surface area contributed by atoms with Crippen molar-refractivity contribution in [3.63, 3.8) is 0 Å². The molecule has 0 bridgehead atoms. The van der Waals surface area contributed by atoms with Crippen molar-refractivity contribution in [2.45, 2.75) is 0 Å². The van der Waals surface area contributed by atoms with E-state index in [1.165, 1.54) is 7.11 Å². The highest BCUT2D eigenvalue weighted by Gasteiger charge is 2.03. The minimum absolute atomic E-state index is 0.472. The van der Waals surface area contributed by atoms with Gasteiger partial charge in [-0.1, -0.05) is 60.7 Å². The SMILES string of the molecule is COC(=O)Nc1ccccc1C=Cc1ccccc1. The highest BCUT2D eigenvalue weighted by atomic mass is 16.5. The molecule has 0 aliphatic heterocycles. The molecule has 0 fully saturated rings. The van der Waals surface area contributed by atoms with Crippen LogP contribution in [0.2, 0.25) is 0 Å². The molecular weight excluding hydrogens is 238 g/mol. The van der Waals surface area contributed by atoms with Gasteiger partial charge in [-0.15, -0.1) is 0 Å². The van der Waals surface area contributed by atoms with Gasteiger partial charge in [0.2, 0.25) is 0 Å². The van der Waals surface area contributed by atoms with Crippen LogP contribution < -0.4 is 5.32 Å². The minimum Gasteiger partial charge on any atom is -0.453 e.